The summed E-state index contributed by atoms with van der Waals surface area (Å²) in [6.45, 7) is 0. The molecule has 0 aliphatic carbocycles. The Morgan fingerprint density at radius 3 is 0.353 bits per heavy atom. The Bertz CT molecular complexity index is 5610. The molecule has 8 aromatic heterocycles. The van der Waals surface area contributed by atoms with E-state index in [0.29, 0.717) is 0 Å². The van der Waals surface area contributed by atoms with Crippen LogP contribution in [0.2, 0.25) is 0 Å². The van der Waals surface area contributed by atoms with Crippen LogP contribution in [0.4, 0.5) is 68.2 Å². The van der Waals surface area contributed by atoms with Crippen molar-refractivity contribution in [1.82, 2.24) is 39.9 Å². The second-order valence-corrected chi connectivity index (χ2v) is 28.5. The molecule has 116 heavy (non-hydrogen) atoms. The van der Waals surface area contributed by atoms with Crippen LogP contribution in [0.15, 0.2) is 427 Å². The Kier molecular flexibility index (Phi) is 18.4. The maximum Gasteiger partial charge on any atom is 0.0561 e. The summed E-state index contributed by atoms with van der Waals surface area (Å²) in [4.78, 5) is 45.0. The topological polar surface area (TPSA) is 116 Å². The lowest BCUT2D eigenvalue weighted by Crippen LogP contribution is -2.16. The standard InChI is InChI=1S/C104H70N12/c1-17-87(18-2-71(1)79-37-53-105-54-38-79)113(88-19-3-72(4-20-88)80-39-55-106-56-40-80)99-69-100(114(89-21-5-73(6-22-89)81-41-57-107-58-42-81)90-23-7-74(8-24-90)82-43-59-108-60-44-82)96-35-36-98-102(116(93-29-13-77(14-30-93)85-49-65-111-66-50-85)94-31-15-78(16-32-94)86-51-67-112-68-52-86)70-101(97-34-33-95(99)103(96)104(97)98)115(91-25-9-75(10-26-91)83-45-61-109-62-46-83)92-27-11-76(12-28-92)84-47-63-110-64-48-84/h1-70H. The van der Waals surface area contributed by atoms with Gasteiger partial charge >= 0.3 is 0 Å². The molecule has 20 rings (SSSR count). The Hall–Kier alpha value is -15.9. The molecule has 0 unspecified atom stereocenters. The molecule has 20 aromatic rings. The van der Waals surface area contributed by atoms with E-state index in [1.165, 1.54) is 0 Å². The van der Waals surface area contributed by atoms with Gasteiger partial charge in [0, 0.05) is 177 Å². The minimum atomic E-state index is 0.958. The molecular formula is C104H70N12. The smallest absolute Gasteiger partial charge is 0.0561 e. The fourth-order valence-corrected chi connectivity index (χ4v) is 16.1. The fraction of sp³-hybridized carbons (Fsp3) is 0. The summed E-state index contributed by atoms with van der Waals surface area (Å²) in [6.07, 6.45) is 29.6. The van der Waals surface area contributed by atoms with Gasteiger partial charge in [-0.1, -0.05) is 121 Å². The normalized spacial score (nSPS) is 11.3. The quantitative estimate of drug-likeness (QED) is 0.0677. The lowest BCUT2D eigenvalue weighted by Gasteiger charge is -2.34. The molecule has 0 bridgehead atoms. The largest absolute Gasteiger partial charge is 0.310 e. The van der Waals surface area contributed by atoms with E-state index in [9.17, 15) is 0 Å². The van der Waals surface area contributed by atoms with E-state index < -0.39 is 0 Å². The number of pyridine rings is 8. The first kappa shape index (κ1) is 69.3. The molecule has 12 aromatic carbocycles. The number of hydrogen-bond donors (Lipinski definition) is 0. The molecule has 12 nitrogen and oxygen atoms in total. The van der Waals surface area contributed by atoms with Crippen LogP contribution in [-0.2, 0) is 0 Å². The minimum absolute atomic E-state index is 0.958. The molecule has 0 saturated carbocycles. The Balaban J connectivity index is 0.918. The van der Waals surface area contributed by atoms with Gasteiger partial charge in [-0.2, -0.15) is 0 Å². The third kappa shape index (κ3) is 13.5. The summed E-state index contributed by atoms with van der Waals surface area (Å²) in [7, 11) is 0. The average molecular weight is 1490 g/mol. The highest BCUT2D eigenvalue weighted by Crippen LogP contribution is 2.56. The van der Waals surface area contributed by atoms with Gasteiger partial charge in [0.05, 0.1) is 22.7 Å². The summed E-state index contributed by atoms with van der Waals surface area (Å²) in [5.41, 5.74) is 28.7. The van der Waals surface area contributed by atoms with Crippen LogP contribution >= 0.6 is 0 Å². The number of anilines is 12. The third-order valence-electron chi connectivity index (χ3n) is 21.9. The molecule has 0 fully saturated rings. The van der Waals surface area contributed by atoms with Gasteiger partial charge in [-0.15, -0.1) is 0 Å². The molecule has 12 heteroatoms. The molecule has 0 radical (unpaired) electrons. The van der Waals surface area contributed by atoms with Gasteiger partial charge in [0.15, 0.2) is 0 Å². The molecule has 546 valence electrons. The van der Waals surface area contributed by atoms with E-state index in [4.69, 9.17) is 0 Å². The van der Waals surface area contributed by atoms with Crippen molar-refractivity contribution in [3.8, 4) is 89.0 Å². The van der Waals surface area contributed by atoms with Crippen molar-refractivity contribution in [3.63, 3.8) is 0 Å². The maximum absolute atomic E-state index is 4.40. The second-order valence-electron chi connectivity index (χ2n) is 28.5. The molecular weight excluding hydrogens is 1420 g/mol. The van der Waals surface area contributed by atoms with Crippen LogP contribution in [0.3, 0.4) is 0 Å². The van der Waals surface area contributed by atoms with Crippen LogP contribution in [-0.4, -0.2) is 39.9 Å². The van der Waals surface area contributed by atoms with Gasteiger partial charge < -0.3 is 19.6 Å². The zero-order chi connectivity index (χ0) is 77.1. The van der Waals surface area contributed by atoms with Crippen molar-refractivity contribution in [2.75, 3.05) is 19.6 Å². The molecule has 8 heterocycles. The van der Waals surface area contributed by atoms with Crippen molar-refractivity contribution in [2.24, 2.45) is 0 Å². The Labute approximate surface area is 671 Å². The van der Waals surface area contributed by atoms with Gasteiger partial charge in [-0.25, -0.2) is 0 Å². The van der Waals surface area contributed by atoms with Crippen LogP contribution < -0.4 is 19.6 Å². The molecule has 0 amide bonds. The second kappa shape index (κ2) is 30.7. The van der Waals surface area contributed by atoms with E-state index in [1.54, 1.807) is 0 Å². The molecule has 0 aliphatic rings. The monoisotopic (exact) mass is 1490 g/mol. The number of hydrogen-bond acceptors (Lipinski definition) is 12. The SMILES string of the molecule is c1cc(-c2ccc(N(c3ccc(-c4ccncc4)cc3)c3cc(N(c4ccc(-c5ccncc5)cc4)c4ccc(-c5ccncc5)cc4)c4ccc5c(N(c6ccc(-c7ccncc7)cc6)c6ccc(-c7ccncc7)cc6)cc(N(c6ccc(-c7ccncc7)cc6)c6ccc(-c7ccncc7)cc6)c6ccc3c4c65)cc2)ccn1. The summed E-state index contributed by atoms with van der Waals surface area (Å²) in [5, 5.41) is 6.27. The van der Waals surface area contributed by atoms with Crippen LogP contribution in [0.1, 0.15) is 0 Å². The highest BCUT2D eigenvalue weighted by Gasteiger charge is 2.30. The van der Waals surface area contributed by atoms with Crippen LogP contribution in [0.25, 0.3) is 121 Å². The van der Waals surface area contributed by atoms with E-state index in [1.807, 2.05) is 99.1 Å². The zero-order valence-electron chi connectivity index (χ0n) is 62.8. The number of aromatic nitrogens is 8. The predicted molar refractivity (Wildman–Crippen MR) is 475 cm³/mol. The summed E-state index contributed by atoms with van der Waals surface area (Å²) >= 11 is 0. The van der Waals surface area contributed by atoms with Crippen molar-refractivity contribution in [2.45, 2.75) is 0 Å². The van der Waals surface area contributed by atoms with Gasteiger partial charge in [-0.05, 0) is 295 Å². The molecule has 0 aliphatic heterocycles. The lowest BCUT2D eigenvalue weighted by molar-refractivity contribution is 1.26. The summed E-state index contributed by atoms with van der Waals surface area (Å²) in [5.74, 6) is 0. The number of benzene rings is 12. The average Bonchev–Trinajstić information content (AvgIpc) is 0.699. The lowest BCUT2D eigenvalue weighted by atomic mass is 9.89. The number of rotatable bonds is 20. The van der Waals surface area contributed by atoms with Gasteiger partial charge in [-0.3, -0.25) is 39.9 Å². The zero-order valence-corrected chi connectivity index (χ0v) is 62.8. The molecule has 0 saturated heterocycles. The molecule has 0 atom stereocenters. The van der Waals surface area contributed by atoms with Crippen molar-refractivity contribution in [1.29, 1.82) is 0 Å². The highest BCUT2D eigenvalue weighted by molar-refractivity contribution is 6.33. The van der Waals surface area contributed by atoms with Gasteiger partial charge in [0.1, 0.15) is 0 Å². The van der Waals surface area contributed by atoms with Gasteiger partial charge in [0.2, 0.25) is 0 Å². The first-order valence-corrected chi connectivity index (χ1v) is 38.6. The van der Waals surface area contributed by atoms with E-state index in [2.05, 4.69) is 387 Å². The van der Waals surface area contributed by atoms with Crippen molar-refractivity contribution >= 4 is 101 Å². The first-order valence-electron chi connectivity index (χ1n) is 38.6. The van der Waals surface area contributed by atoms with Gasteiger partial charge in [0.25, 0.3) is 0 Å². The molecule has 0 N–H and O–H groups in total. The highest BCUT2D eigenvalue weighted by atomic mass is 15.2. The Morgan fingerprint density at radius 2 is 0.233 bits per heavy atom. The van der Waals surface area contributed by atoms with E-state index >= 15 is 0 Å². The van der Waals surface area contributed by atoms with E-state index in [0.717, 1.165) is 190 Å². The van der Waals surface area contributed by atoms with Crippen LogP contribution in [0.5, 0.6) is 0 Å². The summed E-state index contributed by atoms with van der Waals surface area (Å²) < 4.78 is 0. The Morgan fingerprint density at radius 1 is 0.121 bits per heavy atom. The molecule has 0 spiro atoms. The first-order chi connectivity index (χ1) is 57.5. The predicted octanol–water partition coefficient (Wildman–Crippen LogP) is 27.0. The fourth-order valence-electron chi connectivity index (χ4n) is 16.1. The van der Waals surface area contributed by atoms with E-state index in [-0.39, 0.29) is 0 Å². The van der Waals surface area contributed by atoms with Crippen LogP contribution in [0, 0.1) is 0 Å². The number of nitrogens with zero attached hydrogens (tertiary/aromatic N) is 12. The van der Waals surface area contributed by atoms with Crippen molar-refractivity contribution < 1.29 is 0 Å². The minimum Gasteiger partial charge on any atom is -0.310 e. The maximum atomic E-state index is 4.40. The summed E-state index contributed by atoms with van der Waals surface area (Å²) in [6, 6.07) is 119. The third-order valence-corrected chi connectivity index (χ3v) is 21.9. The van der Waals surface area contributed by atoms with Crippen molar-refractivity contribution in [3.05, 3.63) is 427 Å².